The third kappa shape index (κ3) is 5.26. The second-order valence-corrected chi connectivity index (χ2v) is 4.05. The maximum Gasteiger partial charge on any atom is 0.111 e. The summed E-state index contributed by atoms with van der Waals surface area (Å²) in [7, 11) is 0. The minimum Gasteiger partial charge on any atom is -0.387 e. The lowest BCUT2D eigenvalue weighted by Crippen LogP contribution is -2.02. The quantitative estimate of drug-likeness (QED) is 0.841. The number of nitrogens with zero attached hydrogens (tertiary/aromatic N) is 3. The van der Waals surface area contributed by atoms with E-state index in [-0.39, 0.29) is 0 Å². The van der Waals surface area contributed by atoms with Crippen LogP contribution in [0.4, 0.5) is 0 Å². The molecule has 1 aromatic heterocycles. The third-order valence-corrected chi connectivity index (χ3v) is 2.05. The number of hydrogen-bond acceptors (Lipinski definition) is 3. The third-order valence-electron chi connectivity index (χ3n) is 2.05. The standard InChI is InChI=1S/C10H19N3O.C2H6/c1-4-5-13-7-9(11-12-13)10(14)6-8(2)3;1-2/h7-8,10,14H,4-6H2,1-3H3;1-2H3. The zero-order valence-corrected chi connectivity index (χ0v) is 11.1. The molecular formula is C12H25N3O. The van der Waals surface area contributed by atoms with E-state index in [4.69, 9.17) is 0 Å². The number of hydrogen-bond donors (Lipinski definition) is 1. The SMILES string of the molecule is CC.CCCn1cc(C(O)CC(C)C)nn1. The van der Waals surface area contributed by atoms with Gasteiger partial charge in [-0.1, -0.05) is 39.8 Å². The molecule has 0 amide bonds. The molecule has 94 valence electrons. The van der Waals surface area contributed by atoms with Crippen LogP contribution in [0.5, 0.6) is 0 Å². The number of aryl methyl sites for hydroxylation is 1. The van der Waals surface area contributed by atoms with E-state index in [1.54, 1.807) is 4.68 Å². The van der Waals surface area contributed by atoms with Crippen molar-refractivity contribution in [2.75, 3.05) is 0 Å². The lowest BCUT2D eigenvalue weighted by atomic mass is 10.0. The highest BCUT2D eigenvalue weighted by Gasteiger charge is 2.13. The summed E-state index contributed by atoms with van der Waals surface area (Å²) in [6.07, 6.45) is 3.13. The zero-order chi connectivity index (χ0) is 12.6. The van der Waals surface area contributed by atoms with Crippen molar-refractivity contribution < 1.29 is 5.11 Å². The molecule has 0 aliphatic heterocycles. The van der Waals surface area contributed by atoms with Crippen molar-refractivity contribution in [3.8, 4) is 0 Å². The highest BCUT2D eigenvalue weighted by atomic mass is 16.3. The number of aliphatic hydroxyl groups is 1. The molecule has 16 heavy (non-hydrogen) atoms. The Morgan fingerprint density at radius 3 is 2.50 bits per heavy atom. The van der Waals surface area contributed by atoms with Crippen LogP contribution in [-0.2, 0) is 6.54 Å². The molecule has 0 fully saturated rings. The Balaban J connectivity index is 0.00000106. The Labute approximate surface area is 98.7 Å². The molecule has 0 aliphatic carbocycles. The van der Waals surface area contributed by atoms with Gasteiger partial charge < -0.3 is 5.11 Å². The summed E-state index contributed by atoms with van der Waals surface area (Å²) in [4.78, 5) is 0. The molecule has 0 aliphatic rings. The van der Waals surface area contributed by atoms with Crippen molar-refractivity contribution in [1.82, 2.24) is 15.0 Å². The largest absolute Gasteiger partial charge is 0.387 e. The van der Waals surface area contributed by atoms with E-state index in [0.717, 1.165) is 19.4 Å². The van der Waals surface area contributed by atoms with Crippen molar-refractivity contribution >= 4 is 0 Å². The molecule has 0 saturated heterocycles. The summed E-state index contributed by atoms with van der Waals surface area (Å²) in [6.45, 7) is 11.1. The average Bonchev–Trinajstić information content (AvgIpc) is 2.69. The van der Waals surface area contributed by atoms with Crippen LogP contribution >= 0.6 is 0 Å². The topological polar surface area (TPSA) is 50.9 Å². The molecule has 0 aromatic carbocycles. The molecule has 1 aromatic rings. The normalized spacial score (nSPS) is 12.2. The number of aromatic nitrogens is 3. The van der Waals surface area contributed by atoms with Gasteiger partial charge in [0.05, 0.1) is 12.3 Å². The van der Waals surface area contributed by atoms with Gasteiger partial charge in [0.1, 0.15) is 5.69 Å². The van der Waals surface area contributed by atoms with Gasteiger partial charge in [0.15, 0.2) is 0 Å². The molecule has 0 spiro atoms. The first-order valence-electron chi connectivity index (χ1n) is 6.21. The van der Waals surface area contributed by atoms with Gasteiger partial charge in [-0.05, 0) is 18.8 Å². The van der Waals surface area contributed by atoms with Crippen molar-refractivity contribution in [1.29, 1.82) is 0 Å². The van der Waals surface area contributed by atoms with Crippen LogP contribution in [0.3, 0.4) is 0 Å². The summed E-state index contributed by atoms with van der Waals surface area (Å²) >= 11 is 0. The lowest BCUT2D eigenvalue weighted by Gasteiger charge is -2.08. The predicted octanol–water partition coefficient (Wildman–Crippen LogP) is 2.79. The Morgan fingerprint density at radius 2 is 2.00 bits per heavy atom. The molecule has 0 bridgehead atoms. The highest BCUT2D eigenvalue weighted by Crippen LogP contribution is 2.18. The Kier molecular flexibility index (Phi) is 7.81. The van der Waals surface area contributed by atoms with Gasteiger partial charge in [-0.3, -0.25) is 4.68 Å². The summed E-state index contributed by atoms with van der Waals surface area (Å²) in [5.41, 5.74) is 0.687. The van der Waals surface area contributed by atoms with Crippen LogP contribution in [0.1, 0.15) is 59.3 Å². The maximum atomic E-state index is 9.76. The van der Waals surface area contributed by atoms with E-state index >= 15 is 0 Å². The van der Waals surface area contributed by atoms with Crippen molar-refractivity contribution in [2.24, 2.45) is 5.92 Å². The molecule has 1 atom stereocenters. The molecular weight excluding hydrogens is 202 g/mol. The Bertz CT molecular complexity index is 271. The fourth-order valence-corrected chi connectivity index (χ4v) is 1.37. The van der Waals surface area contributed by atoms with Crippen LogP contribution in [0.15, 0.2) is 6.20 Å². The molecule has 1 N–H and O–H groups in total. The van der Waals surface area contributed by atoms with Gasteiger partial charge in [0, 0.05) is 6.54 Å². The molecule has 0 saturated carbocycles. The van der Waals surface area contributed by atoms with Crippen LogP contribution in [0.25, 0.3) is 0 Å². The summed E-state index contributed by atoms with van der Waals surface area (Å²) in [6, 6.07) is 0. The van der Waals surface area contributed by atoms with E-state index in [1.807, 2.05) is 20.0 Å². The molecule has 1 unspecified atom stereocenters. The van der Waals surface area contributed by atoms with Gasteiger partial charge in [-0.2, -0.15) is 0 Å². The smallest absolute Gasteiger partial charge is 0.111 e. The van der Waals surface area contributed by atoms with Gasteiger partial charge in [0.25, 0.3) is 0 Å². The number of aliphatic hydroxyl groups excluding tert-OH is 1. The van der Waals surface area contributed by atoms with E-state index in [9.17, 15) is 5.11 Å². The predicted molar refractivity (Wildman–Crippen MR) is 66.1 cm³/mol. The van der Waals surface area contributed by atoms with Gasteiger partial charge in [-0.15, -0.1) is 5.10 Å². The lowest BCUT2D eigenvalue weighted by molar-refractivity contribution is 0.146. The van der Waals surface area contributed by atoms with Crippen molar-refractivity contribution in [2.45, 2.75) is 60.1 Å². The van der Waals surface area contributed by atoms with Gasteiger partial charge in [-0.25, -0.2) is 0 Å². The van der Waals surface area contributed by atoms with E-state index in [0.29, 0.717) is 11.6 Å². The second-order valence-electron chi connectivity index (χ2n) is 4.05. The average molecular weight is 227 g/mol. The second kappa shape index (κ2) is 8.28. The summed E-state index contributed by atoms with van der Waals surface area (Å²) < 4.78 is 1.78. The zero-order valence-electron chi connectivity index (χ0n) is 11.1. The first kappa shape index (κ1) is 15.1. The van der Waals surface area contributed by atoms with Crippen molar-refractivity contribution in [3.63, 3.8) is 0 Å². The highest BCUT2D eigenvalue weighted by molar-refractivity contribution is 4.97. The van der Waals surface area contributed by atoms with E-state index < -0.39 is 6.10 Å². The minimum atomic E-state index is -0.472. The molecule has 0 radical (unpaired) electrons. The van der Waals surface area contributed by atoms with Crippen LogP contribution in [0.2, 0.25) is 0 Å². The minimum absolute atomic E-state index is 0.472. The molecule has 1 rings (SSSR count). The monoisotopic (exact) mass is 227 g/mol. The molecule has 4 heteroatoms. The summed E-state index contributed by atoms with van der Waals surface area (Å²) in [5.74, 6) is 0.473. The fraction of sp³-hybridized carbons (Fsp3) is 0.833. The fourth-order valence-electron chi connectivity index (χ4n) is 1.37. The molecule has 4 nitrogen and oxygen atoms in total. The van der Waals surface area contributed by atoms with Crippen molar-refractivity contribution in [3.05, 3.63) is 11.9 Å². The Hall–Kier alpha value is -0.900. The van der Waals surface area contributed by atoms with E-state index in [2.05, 4.69) is 31.1 Å². The summed E-state index contributed by atoms with van der Waals surface area (Å²) in [5, 5.41) is 17.6. The van der Waals surface area contributed by atoms with Crippen LogP contribution in [0, 0.1) is 5.92 Å². The number of rotatable bonds is 5. The van der Waals surface area contributed by atoms with Crippen LogP contribution < -0.4 is 0 Å². The molecule has 1 heterocycles. The first-order valence-corrected chi connectivity index (χ1v) is 6.21. The maximum absolute atomic E-state index is 9.76. The van der Waals surface area contributed by atoms with Gasteiger partial charge >= 0.3 is 0 Å². The van der Waals surface area contributed by atoms with Crippen LogP contribution in [-0.4, -0.2) is 20.1 Å². The van der Waals surface area contributed by atoms with E-state index in [1.165, 1.54) is 0 Å². The first-order chi connectivity index (χ1) is 7.63. The Morgan fingerprint density at radius 1 is 1.38 bits per heavy atom. The van der Waals surface area contributed by atoms with Gasteiger partial charge in [0.2, 0.25) is 0 Å².